The quantitative estimate of drug-likeness (QED) is 0.680. The van der Waals surface area contributed by atoms with E-state index in [0.29, 0.717) is 11.6 Å². The number of carbonyl (C=O) groups excluding carboxylic acids is 1. The van der Waals surface area contributed by atoms with Gasteiger partial charge in [0.15, 0.2) is 0 Å². The lowest BCUT2D eigenvalue weighted by Gasteiger charge is -2.04. The van der Waals surface area contributed by atoms with Crippen LogP contribution in [0.4, 0.5) is 0 Å². The molecule has 0 aliphatic carbocycles. The van der Waals surface area contributed by atoms with Crippen molar-refractivity contribution in [3.8, 4) is 10.6 Å². The van der Waals surface area contributed by atoms with Crippen LogP contribution in [0.5, 0.6) is 0 Å². The maximum absolute atomic E-state index is 12.3. The van der Waals surface area contributed by atoms with Crippen molar-refractivity contribution in [3.63, 3.8) is 0 Å². The molecule has 0 saturated carbocycles. The van der Waals surface area contributed by atoms with Crippen LogP contribution < -0.4 is 10.9 Å². The number of nitrogens with zero attached hydrogens (tertiary/aromatic N) is 2. The molecule has 3 rings (SSSR count). The molecule has 0 aliphatic rings. The van der Waals surface area contributed by atoms with Gasteiger partial charge in [-0.1, -0.05) is 24.3 Å². The smallest absolute Gasteiger partial charge is 0.270 e. The third-order valence-corrected chi connectivity index (χ3v) is 5.15. The van der Waals surface area contributed by atoms with Gasteiger partial charge in [0.25, 0.3) is 11.5 Å². The summed E-state index contributed by atoms with van der Waals surface area (Å²) in [6, 6.07) is 9.26. The summed E-state index contributed by atoms with van der Waals surface area (Å²) in [6.45, 7) is 2.33. The highest BCUT2D eigenvalue weighted by atomic mass is 32.2. The van der Waals surface area contributed by atoms with Crippen molar-refractivity contribution in [2.24, 2.45) is 0 Å². The van der Waals surface area contributed by atoms with E-state index in [9.17, 15) is 9.59 Å². The first-order chi connectivity index (χ1) is 12.6. The largest absolute Gasteiger partial charge is 0.345 e. The SMILES string of the molecule is CSCc1nc(C(=O)NCc2csc(-c3ccccc3C)n2)cc(=O)[nH]1. The van der Waals surface area contributed by atoms with E-state index in [4.69, 9.17) is 0 Å². The number of carbonyl (C=O) groups is 1. The molecular formula is C18H18N4O2S2. The van der Waals surface area contributed by atoms with Crippen molar-refractivity contribution in [2.75, 3.05) is 6.26 Å². The summed E-state index contributed by atoms with van der Waals surface area (Å²) in [5.41, 5.74) is 2.81. The minimum absolute atomic E-state index is 0.118. The maximum atomic E-state index is 12.3. The van der Waals surface area contributed by atoms with Crippen molar-refractivity contribution in [1.29, 1.82) is 0 Å². The molecule has 134 valence electrons. The Balaban J connectivity index is 1.69. The van der Waals surface area contributed by atoms with Crippen molar-refractivity contribution >= 4 is 29.0 Å². The molecule has 0 spiro atoms. The molecule has 1 aromatic carbocycles. The number of benzene rings is 1. The van der Waals surface area contributed by atoms with E-state index in [-0.39, 0.29) is 23.7 Å². The number of hydrogen-bond acceptors (Lipinski definition) is 6. The number of rotatable bonds is 6. The number of thiazole rings is 1. The lowest BCUT2D eigenvalue weighted by molar-refractivity contribution is 0.0945. The van der Waals surface area contributed by atoms with Gasteiger partial charge >= 0.3 is 0 Å². The highest BCUT2D eigenvalue weighted by molar-refractivity contribution is 7.97. The zero-order chi connectivity index (χ0) is 18.5. The summed E-state index contributed by atoms with van der Waals surface area (Å²) >= 11 is 3.06. The van der Waals surface area contributed by atoms with Gasteiger partial charge in [-0.05, 0) is 18.7 Å². The van der Waals surface area contributed by atoms with Crippen LogP contribution in [0.25, 0.3) is 10.6 Å². The van der Waals surface area contributed by atoms with E-state index in [1.54, 1.807) is 0 Å². The fourth-order valence-corrected chi connectivity index (χ4v) is 3.74. The predicted molar refractivity (Wildman–Crippen MR) is 106 cm³/mol. The first-order valence-corrected chi connectivity index (χ1v) is 10.2. The lowest BCUT2D eigenvalue weighted by Crippen LogP contribution is -2.26. The summed E-state index contributed by atoms with van der Waals surface area (Å²) in [5.74, 6) is 0.650. The van der Waals surface area contributed by atoms with Crippen molar-refractivity contribution in [3.05, 3.63) is 68.8 Å². The van der Waals surface area contributed by atoms with E-state index in [1.807, 2.05) is 42.8 Å². The standard InChI is InChI=1S/C18H18N4O2S2/c1-11-5-3-4-6-13(11)18-20-12(9-26-18)8-19-17(24)14-7-16(23)22-15(21-14)10-25-2/h3-7,9H,8,10H2,1-2H3,(H,19,24)(H,21,22,23). The van der Waals surface area contributed by atoms with Crippen molar-refractivity contribution < 1.29 is 4.79 Å². The van der Waals surface area contributed by atoms with E-state index in [1.165, 1.54) is 29.2 Å². The summed E-state index contributed by atoms with van der Waals surface area (Å²) < 4.78 is 0. The molecule has 0 saturated heterocycles. The molecule has 6 nitrogen and oxygen atoms in total. The first kappa shape index (κ1) is 18.3. The number of amides is 1. The first-order valence-electron chi connectivity index (χ1n) is 7.94. The van der Waals surface area contributed by atoms with Gasteiger partial charge in [0, 0.05) is 17.0 Å². The van der Waals surface area contributed by atoms with Gasteiger partial charge in [0.2, 0.25) is 0 Å². The Kier molecular flexibility index (Phi) is 5.85. The Morgan fingerprint density at radius 3 is 2.88 bits per heavy atom. The predicted octanol–water partition coefficient (Wildman–Crippen LogP) is 2.99. The monoisotopic (exact) mass is 386 g/mol. The Labute approximate surface area is 159 Å². The molecule has 2 N–H and O–H groups in total. The van der Waals surface area contributed by atoms with Gasteiger partial charge in [0.05, 0.1) is 18.0 Å². The number of aromatic amines is 1. The van der Waals surface area contributed by atoms with Crippen LogP contribution in [0.2, 0.25) is 0 Å². The fourth-order valence-electron chi connectivity index (χ4n) is 2.42. The highest BCUT2D eigenvalue weighted by Crippen LogP contribution is 2.26. The summed E-state index contributed by atoms with van der Waals surface area (Å²) in [4.78, 5) is 35.4. The molecule has 2 aromatic heterocycles. The number of nitrogens with one attached hydrogen (secondary N) is 2. The van der Waals surface area contributed by atoms with Crippen LogP contribution in [0.15, 0.2) is 40.5 Å². The molecule has 3 aromatic rings. The normalized spacial score (nSPS) is 10.7. The molecule has 1 amide bonds. The molecule has 0 fully saturated rings. The number of thioether (sulfide) groups is 1. The van der Waals surface area contributed by atoms with Crippen LogP contribution in [-0.2, 0) is 12.3 Å². The Hall–Kier alpha value is -2.45. The zero-order valence-electron chi connectivity index (χ0n) is 14.4. The molecule has 0 unspecified atom stereocenters. The van der Waals surface area contributed by atoms with Gasteiger partial charge in [-0.25, -0.2) is 9.97 Å². The summed E-state index contributed by atoms with van der Waals surface area (Å²) in [5, 5.41) is 5.62. The van der Waals surface area contributed by atoms with E-state index >= 15 is 0 Å². The average Bonchev–Trinajstić information content (AvgIpc) is 3.08. The molecule has 0 aliphatic heterocycles. The fraction of sp³-hybridized carbons (Fsp3) is 0.222. The molecule has 0 bridgehead atoms. The van der Waals surface area contributed by atoms with E-state index in [0.717, 1.165) is 21.8 Å². The number of hydrogen-bond donors (Lipinski definition) is 2. The second-order valence-corrected chi connectivity index (χ2v) is 7.38. The number of H-pyrrole nitrogens is 1. The molecule has 0 radical (unpaired) electrons. The number of aryl methyl sites for hydroxylation is 1. The second-order valence-electron chi connectivity index (χ2n) is 5.65. The minimum atomic E-state index is -0.385. The van der Waals surface area contributed by atoms with Crippen LogP contribution in [0.3, 0.4) is 0 Å². The van der Waals surface area contributed by atoms with Crippen LogP contribution in [0, 0.1) is 6.92 Å². The van der Waals surface area contributed by atoms with E-state index < -0.39 is 0 Å². The molecule has 26 heavy (non-hydrogen) atoms. The highest BCUT2D eigenvalue weighted by Gasteiger charge is 2.12. The second kappa shape index (κ2) is 8.29. The van der Waals surface area contributed by atoms with Gasteiger partial charge in [-0.15, -0.1) is 11.3 Å². The Bertz CT molecular complexity index is 981. The van der Waals surface area contributed by atoms with Gasteiger partial charge in [0.1, 0.15) is 16.5 Å². The Morgan fingerprint density at radius 2 is 2.12 bits per heavy atom. The topological polar surface area (TPSA) is 87.7 Å². The minimum Gasteiger partial charge on any atom is -0.345 e. The average molecular weight is 387 g/mol. The Morgan fingerprint density at radius 1 is 1.31 bits per heavy atom. The maximum Gasteiger partial charge on any atom is 0.270 e. The molecule has 0 atom stereocenters. The van der Waals surface area contributed by atoms with Gasteiger partial charge in [-0.3, -0.25) is 9.59 Å². The zero-order valence-corrected chi connectivity index (χ0v) is 16.0. The van der Waals surface area contributed by atoms with E-state index in [2.05, 4.69) is 20.3 Å². The van der Waals surface area contributed by atoms with Gasteiger partial charge in [-0.2, -0.15) is 11.8 Å². The summed E-state index contributed by atoms with van der Waals surface area (Å²) in [7, 11) is 0. The third-order valence-electron chi connectivity index (χ3n) is 3.66. The van der Waals surface area contributed by atoms with Crippen LogP contribution in [-0.4, -0.2) is 27.1 Å². The summed E-state index contributed by atoms with van der Waals surface area (Å²) in [6.07, 6.45) is 1.90. The molecule has 2 heterocycles. The molecule has 8 heteroatoms. The molecular weight excluding hydrogens is 368 g/mol. The van der Waals surface area contributed by atoms with Crippen molar-refractivity contribution in [1.82, 2.24) is 20.3 Å². The number of aromatic nitrogens is 3. The van der Waals surface area contributed by atoms with Gasteiger partial charge < -0.3 is 10.3 Å². The third kappa shape index (κ3) is 4.39. The lowest BCUT2D eigenvalue weighted by atomic mass is 10.1. The van der Waals surface area contributed by atoms with Crippen LogP contribution >= 0.6 is 23.1 Å². The van der Waals surface area contributed by atoms with Crippen molar-refractivity contribution in [2.45, 2.75) is 19.2 Å². The van der Waals surface area contributed by atoms with Crippen LogP contribution in [0.1, 0.15) is 27.6 Å².